The van der Waals surface area contributed by atoms with Gasteiger partial charge in [-0.3, -0.25) is 24.7 Å². The summed E-state index contributed by atoms with van der Waals surface area (Å²) >= 11 is 4.60. The molecule has 1 aromatic carbocycles. The number of benzene rings is 1. The maximum atomic E-state index is 13.0. The second kappa shape index (κ2) is 19.0. The number of carbonyl (C=O) groups excluding carboxylic acids is 2. The molecule has 21 heteroatoms. The number of carbonyl (C=O) groups is 4. The van der Waals surface area contributed by atoms with Crippen molar-refractivity contribution >= 4 is 80.2 Å². The van der Waals surface area contributed by atoms with Gasteiger partial charge in [-0.25, -0.2) is 14.4 Å². The lowest BCUT2D eigenvalue weighted by Gasteiger charge is -2.27. The fraction of sp³-hybridized carbons (Fsp3) is 0.452. The Kier molecular flexibility index (Phi) is 14.6. The van der Waals surface area contributed by atoms with Crippen molar-refractivity contribution in [3.63, 3.8) is 0 Å². The largest absolute Gasteiger partial charge is 0.509 e. The number of amides is 1. The fourth-order valence-corrected chi connectivity index (χ4v) is 5.55. The molecule has 1 atom stereocenters. The minimum absolute atomic E-state index is 0.00669. The summed E-state index contributed by atoms with van der Waals surface area (Å²) in [5.74, 6) is -1.63. The van der Waals surface area contributed by atoms with Crippen molar-refractivity contribution < 1.29 is 48.3 Å². The maximum Gasteiger partial charge on any atom is 0.509 e. The highest BCUT2D eigenvalue weighted by Gasteiger charge is 2.28. The molecule has 0 aliphatic carbocycles. The molecular weight excluding hydrogens is 770 g/mol. The number of nitrogens with one attached hydrogen (secondary N) is 2. The van der Waals surface area contributed by atoms with Crippen LogP contribution in [0.4, 0.5) is 16.3 Å². The molecule has 1 fully saturated rings. The molecule has 2 aliphatic heterocycles. The summed E-state index contributed by atoms with van der Waals surface area (Å²) in [6.07, 6.45) is 2.62. The number of fused-ring (bicyclic) bond motifs is 1. The van der Waals surface area contributed by atoms with Crippen molar-refractivity contribution in [1.29, 1.82) is 0 Å². The number of carboxylic acids is 2. The Morgan fingerprint density at radius 2 is 1.77 bits per heavy atom. The lowest BCUT2D eigenvalue weighted by atomic mass is 10.1. The molecule has 2 aliphatic rings. The Hall–Kier alpha value is -4.99. The monoisotopic (exact) mass is 807 g/mol. The zero-order valence-electron chi connectivity index (χ0n) is 28.5. The third kappa shape index (κ3) is 12.4. The molecule has 0 spiro atoms. The Morgan fingerprint density at radius 3 is 2.46 bits per heavy atom. The van der Waals surface area contributed by atoms with E-state index >= 15 is 0 Å². The SMILES string of the molecule is CC(C)(C)NC[C@@H](COc1nsnc1N1CCOCC1)OC(=O)OCC(=O)N1CCN=C1Nc1ccc2nccnc2c1Br.O=C(O)/C=C\C(=O)O. The summed E-state index contributed by atoms with van der Waals surface area (Å²) in [6, 6.07) is 3.64. The lowest BCUT2D eigenvalue weighted by Crippen LogP contribution is -2.45. The third-order valence-corrected chi connectivity index (χ3v) is 8.24. The molecule has 1 amide bonds. The molecule has 4 heterocycles. The first-order valence-electron chi connectivity index (χ1n) is 15.8. The number of carboxylic acid groups (broad SMARTS) is 2. The quantitative estimate of drug-likeness (QED) is 0.152. The number of morpholine rings is 1. The molecule has 0 saturated carbocycles. The smallest absolute Gasteiger partial charge is 0.478 e. The van der Waals surface area contributed by atoms with Crippen LogP contribution in [0.2, 0.25) is 0 Å². The summed E-state index contributed by atoms with van der Waals surface area (Å²) < 4.78 is 31.5. The van der Waals surface area contributed by atoms with Crippen molar-refractivity contribution in [3.05, 3.63) is 41.2 Å². The van der Waals surface area contributed by atoms with Crippen LogP contribution in [0.25, 0.3) is 11.0 Å². The van der Waals surface area contributed by atoms with Crippen LogP contribution in [0.15, 0.2) is 46.1 Å². The highest BCUT2D eigenvalue weighted by atomic mass is 79.9. The summed E-state index contributed by atoms with van der Waals surface area (Å²) in [7, 11) is 0. The topological polar surface area (TPSA) is 240 Å². The molecule has 4 N–H and O–H groups in total. The van der Waals surface area contributed by atoms with Gasteiger partial charge in [0.25, 0.3) is 11.8 Å². The van der Waals surface area contributed by atoms with Gasteiger partial charge >= 0.3 is 18.1 Å². The molecule has 5 rings (SSSR count). The van der Waals surface area contributed by atoms with Crippen LogP contribution >= 0.6 is 27.7 Å². The average molecular weight is 809 g/mol. The minimum atomic E-state index is -1.26. The number of anilines is 2. The molecule has 2 aromatic heterocycles. The van der Waals surface area contributed by atoms with E-state index in [0.29, 0.717) is 84.9 Å². The van der Waals surface area contributed by atoms with Gasteiger partial charge in [-0.1, -0.05) is 0 Å². The second-order valence-electron chi connectivity index (χ2n) is 11.9. The second-order valence-corrected chi connectivity index (χ2v) is 13.3. The van der Waals surface area contributed by atoms with E-state index < -0.39 is 36.7 Å². The molecule has 52 heavy (non-hydrogen) atoms. The Labute approximate surface area is 310 Å². The molecule has 19 nitrogen and oxygen atoms in total. The van der Waals surface area contributed by atoms with Gasteiger partial charge in [0, 0.05) is 56.3 Å². The molecule has 0 bridgehead atoms. The van der Waals surface area contributed by atoms with Crippen LogP contribution in [0.1, 0.15) is 20.8 Å². The summed E-state index contributed by atoms with van der Waals surface area (Å²) in [4.78, 5) is 61.4. The summed E-state index contributed by atoms with van der Waals surface area (Å²) in [6.45, 7) is 9.05. The standard InChI is InChI=1S/C27H34BrN9O6S.C4H4O4/c1-27(2,3)32-14-17(15-41-24-23(34-44-35-24)36-10-12-40-13-11-36)43-26(39)42-16-20(38)37-9-8-31-25(37)33-18-4-5-19-22(21(18)28)30-7-6-29-19;5-3(6)1-2-4(7)8/h4-7,17,32H,8-16H2,1-3H3,(H,31,33);1-2H,(H,5,6)(H,7,8)/b;2-1-/t17-;/m0./s1. The number of aliphatic imine (C=N–C) groups is 1. The van der Waals surface area contributed by atoms with Crippen molar-refractivity contribution in [1.82, 2.24) is 28.9 Å². The van der Waals surface area contributed by atoms with Crippen molar-refractivity contribution in [2.75, 3.05) is 69.4 Å². The maximum absolute atomic E-state index is 13.0. The van der Waals surface area contributed by atoms with E-state index in [-0.39, 0.29) is 18.7 Å². The van der Waals surface area contributed by atoms with E-state index in [1.165, 1.54) is 4.90 Å². The molecular formula is C31H38BrN9O10S. The van der Waals surface area contributed by atoms with Gasteiger partial charge in [-0.2, -0.15) is 4.37 Å². The van der Waals surface area contributed by atoms with Crippen LogP contribution in [0, 0.1) is 0 Å². The van der Waals surface area contributed by atoms with E-state index in [4.69, 9.17) is 29.2 Å². The molecule has 3 aromatic rings. The number of nitrogens with zero attached hydrogens (tertiary/aromatic N) is 7. The van der Waals surface area contributed by atoms with Crippen LogP contribution < -0.4 is 20.3 Å². The number of guanidine groups is 1. The minimum Gasteiger partial charge on any atom is -0.478 e. The van der Waals surface area contributed by atoms with Crippen molar-refractivity contribution in [3.8, 4) is 5.88 Å². The van der Waals surface area contributed by atoms with Crippen LogP contribution in [-0.2, 0) is 28.6 Å². The summed E-state index contributed by atoms with van der Waals surface area (Å²) in [5, 5.41) is 22.1. The molecule has 0 radical (unpaired) electrons. The Morgan fingerprint density at radius 1 is 1.06 bits per heavy atom. The molecule has 280 valence electrons. The predicted molar refractivity (Wildman–Crippen MR) is 192 cm³/mol. The number of hydrogen-bond donors (Lipinski definition) is 4. The first-order chi connectivity index (χ1) is 24.8. The predicted octanol–water partition coefficient (Wildman–Crippen LogP) is 2.39. The van der Waals surface area contributed by atoms with Gasteiger partial charge in [-0.15, -0.1) is 4.37 Å². The first-order valence-corrected chi connectivity index (χ1v) is 17.3. The van der Waals surface area contributed by atoms with Gasteiger partial charge < -0.3 is 44.7 Å². The van der Waals surface area contributed by atoms with E-state index in [1.54, 1.807) is 12.4 Å². The fourth-order valence-electron chi connectivity index (χ4n) is 4.49. The number of hydrogen-bond acceptors (Lipinski definition) is 17. The highest BCUT2D eigenvalue weighted by Crippen LogP contribution is 2.30. The van der Waals surface area contributed by atoms with Gasteiger partial charge in [0.05, 0.1) is 47.2 Å². The number of ether oxygens (including phenoxy) is 4. The molecule has 1 saturated heterocycles. The van der Waals surface area contributed by atoms with E-state index in [0.717, 1.165) is 17.2 Å². The number of rotatable bonds is 12. The van der Waals surface area contributed by atoms with Crippen LogP contribution in [-0.4, -0.2) is 135 Å². The van der Waals surface area contributed by atoms with Crippen molar-refractivity contribution in [2.45, 2.75) is 32.4 Å². The van der Waals surface area contributed by atoms with E-state index in [9.17, 15) is 19.2 Å². The third-order valence-electron chi connectivity index (χ3n) is 6.93. The zero-order chi connectivity index (χ0) is 37.7. The lowest BCUT2D eigenvalue weighted by molar-refractivity contribution is -0.134. The van der Waals surface area contributed by atoms with Crippen LogP contribution in [0.5, 0.6) is 5.88 Å². The first kappa shape index (κ1) is 39.8. The Bertz CT molecular complexity index is 1760. The molecule has 0 unspecified atom stereocenters. The van der Waals surface area contributed by atoms with E-state index in [2.05, 4.69) is 50.3 Å². The normalized spacial score (nSPS) is 15.0. The van der Waals surface area contributed by atoms with Crippen LogP contribution in [0.3, 0.4) is 0 Å². The number of halogens is 1. The highest BCUT2D eigenvalue weighted by molar-refractivity contribution is 9.10. The zero-order valence-corrected chi connectivity index (χ0v) is 30.9. The summed E-state index contributed by atoms with van der Waals surface area (Å²) in [5.41, 5.74) is 1.81. The van der Waals surface area contributed by atoms with Gasteiger partial charge in [0.1, 0.15) is 12.1 Å². The van der Waals surface area contributed by atoms with E-state index in [1.807, 2.05) is 37.8 Å². The number of aliphatic carboxylic acids is 2. The van der Waals surface area contributed by atoms with Crippen molar-refractivity contribution in [2.24, 2.45) is 4.99 Å². The average Bonchev–Trinajstić information content (AvgIpc) is 3.79. The van der Waals surface area contributed by atoms with Gasteiger partial charge in [-0.05, 0) is 48.8 Å². The van der Waals surface area contributed by atoms with Gasteiger partial charge in [0.2, 0.25) is 11.8 Å². The van der Waals surface area contributed by atoms with Gasteiger partial charge in [0.15, 0.2) is 12.7 Å². The number of aromatic nitrogens is 4. The Balaban J connectivity index is 0.000000677.